The Balaban J connectivity index is 2.42. The smallest absolute Gasteiger partial charge is 0.173 e. The van der Waals surface area contributed by atoms with Gasteiger partial charge in [0.2, 0.25) is 0 Å². The minimum absolute atomic E-state index is 0.0668. The molecule has 0 unspecified atom stereocenters. The molecule has 3 rings (SSSR count). The first kappa shape index (κ1) is 12.8. The zero-order chi connectivity index (χ0) is 13.4. The van der Waals surface area contributed by atoms with Crippen LogP contribution >= 0.6 is 27.3 Å². The number of hydrogen-bond acceptors (Lipinski definition) is 1. The maximum atomic E-state index is 13.0. The molecule has 1 aromatic heterocycles. The summed E-state index contributed by atoms with van der Waals surface area (Å²) in [5.41, 5.74) is 0.688. The van der Waals surface area contributed by atoms with Crippen molar-refractivity contribution < 1.29 is 8.78 Å². The lowest BCUT2D eigenvalue weighted by molar-refractivity contribution is 0.425. The lowest BCUT2D eigenvalue weighted by atomic mass is 10.0. The summed E-state index contributed by atoms with van der Waals surface area (Å²) in [7, 11) is 0. The van der Waals surface area contributed by atoms with Crippen molar-refractivity contribution in [3.05, 3.63) is 54.1 Å². The van der Waals surface area contributed by atoms with Crippen molar-refractivity contribution in [3.63, 3.8) is 0 Å². The van der Waals surface area contributed by atoms with Gasteiger partial charge in [0.05, 0.1) is 0 Å². The number of rotatable bonds is 2. The summed E-state index contributed by atoms with van der Waals surface area (Å²) in [6, 6.07) is 13.6. The fourth-order valence-electron chi connectivity index (χ4n) is 2.21. The molecule has 0 radical (unpaired) electrons. The van der Waals surface area contributed by atoms with Gasteiger partial charge in [-0.3, -0.25) is 0 Å². The highest BCUT2D eigenvalue weighted by atomic mass is 79.9. The van der Waals surface area contributed by atoms with Crippen LogP contribution in [0.3, 0.4) is 0 Å². The van der Waals surface area contributed by atoms with Gasteiger partial charge in [-0.1, -0.05) is 52.3 Å². The second kappa shape index (κ2) is 5.02. The van der Waals surface area contributed by atoms with E-state index >= 15 is 0 Å². The molecule has 4 heteroatoms. The molecule has 0 saturated heterocycles. The van der Waals surface area contributed by atoms with Gasteiger partial charge < -0.3 is 0 Å². The minimum Gasteiger partial charge on any atom is -0.173 e. The Hall–Kier alpha value is -1.26. The fraction of sp³-hybridized carbons (Fsp3) is 0.0667. The summed E-state index contributed by atoms with van der Waals surface area (Å²) in [5.74, 6) is 0. The predicted molar refractivity (Wildman–Crippen MR) is 82.3 cm³/mol. The number of alkyl halides is 1. The van der Waals surface area contributed by atoms with Crippen LogP contribution in [-0.4, -0.2) is 5.33 Å². The third-order valence-electron chi connectivity index (χ3n) is 3.09. The molecule has 0 saturated carbocycles. The number of allylic oxidation sites excluding steroid dienone is 1. The Labute approximate surface area is 121 Å². The average molecular weight is 339 g/mol. The summed E-state index contributed by atoms with van der Waals surface area (Å²) < 4.78 is 28.1. The number of fused-ring (bicyclic) bond motifs is 3. The van der Waals surface area contributed by atoms with Gasteiger partial charge in [-0.15, -0.1) is 11.3 Å². The van der Waals surface area contributed by atoms with E-state index in [1.165, 1.54) is 0 Å². The van der Waals surface area contributed by atoms with Crippen molar-refractivity contribution in [2.45, 2.75) is 0 Å². The van der Waals surface area contributed by atoms with E-state index in [0.29, 0.717) is 5.56 Å². The van der Waals surface area contributed by atoms with Crippen LogP contribution in [-0.2, 0) is 0 Å². The normalized spacial score (nSPS) is 11.1. The number of benzene rings is 2. The Morgan fingerprint density at radius 1 is 1.00 bits per heavy atom. The van der Waals surface area contributed by atoms with Crippen LogP contribution in [0.15, 0.2) is 48.5 Å². The van der Waals surface area contributed by atoms with Crippen molar-refractivity contribution in [3.8, 4) is 0 Å². The SMILES string of the molecule is FC(F)=C(CBr)c1cccc2c1sc1ccccc12. The summed E-state index contributed by atoms with van der Waals surface area (Å²) in [4.78, 5) is 0. The van der Waals surface area contributed by atoms with Crippen LogP contribution in [0.1, 0.15) is 5.56 Å². The summed E-state index contributed by atoms with van der Waals surface area (Å²) >= 11 is 4.71. The zero-order valence-corrected chi connectivity index (χ0v) is 12.2. The monoisotopic (exact) mass is 338 g/mol. The molecule has 0 aliphatic rings. The maximum absolute atomic E-state index is 13.0. The largest absolute Gasteiger partial charge is 0.274 e. The molecule has 0 aliphatic carbocycles. The molecular formula is C15H9BrF2S. The molecule has 0 amide bonds. The molecule has 0 fully saturated rings. The maximum Gasteiger partial charge on any atom is 0.274 e. The van der Waals surface area contributed by atoms with E-state index in [0.717, 1.165) is 20.2 Å². The summed E-state index contributed by atoms with van der Waals surface area (Å²) in [5, 5.41) is 2.32. The number of halogens is 3. The fourth-order valence-corrected chi connectivity index (χ4v) is 3.97. The van der Waals surface area contributed by atoms with Crippen molar-refractivity contribution >= 4 is 53.0 Å². The van der Waals surface area contributed by atoms with E-state index in [9.17, 15) is 8.78 Å². The molecule has 2 aromatic carbocycles. The second-order valence-corrected chi connectivity index (χ2v) is 5.77. The molecule has 0 nitrogen and oxygen atoms in total. The van der Waals surface area contributed by atoms with E-state index in [1.807, 2.05) is 36.4 Å². The Bertz CT molecular complexity index is 785. The third kappa shape index (κ3) is 2.09. The van der Waals surface area contributed by atoms with Crippen molar-refractivity contribution in [2.24, 2.45) is 0 Å². The van der Waals surface area contributed by atoms with Gasteiger partial charge in [0.1, 0.15) is 0 Å². The molecule has 0 atom stereocenters. The highest BCUT2D eigenvalue weighted by Crippen LogP contribution is 2.39. The van der Waals surface area contributed by atoms with Gasteiger partial charge >= 0.3 is 0 Å². The van der Waals surface area contributed by atoms with Crippen LogP contribution in [0.2, 0.25) is 0 Å². The van der Waals surface area contributed by atoms with Gasteiger partial charge in [0.15, 0.2) is 0 Å². The first-order chi connectivity index (χ1) is 9.22. The Morgan fingerprint density at radius 3 is 2.47 bits per heavy atom. The third-order valence-corrected chi connectivity index (χ3v) is 4.87. The lowest BCUT2D eigenvalue weighted by Crippen LogP contribution is -1.87. The quantitative estimate of drug-likeness (QED) is 0.498. The number of thiophene rings is 1. The lowest BCUT2D eigenvalue weighted by Gasteiger charge is -2.04. The molecule has 0 N–H and O–H groups in total. The highest BCUT2D eigenvalue weighted by Gasteiger charge is 2.14. The zero-order valence-electron chi connectivity index (χ0n) is 9.79. The molecule has 96 valence electrons. The van der Waals surface area contributed by atoms with Crippen LogP contribution in [0.25, 0.3) is 25.7 Å². The van der Waals surface area contributed by atoms with Crippen molar-refractivity contribution in [2.75, 3.05) is 5.33 Å². The molecule has 0 aliphatic heterocycles. The Kier molecular flexibility index (Phi) is 3.37. The second-order valence-electron chi connectivity index (χ2n) is 4.15. The molecule has 19 heavy (non-hydrogen) atoms. The van der Waals surface area contributed by atoms with E-state index in [4.69, 9.17) is 0 Å². The van der Waals surface area contributed by atoms with Crippen LogP contribution in [0.5, 0.6) is 0 Å². The highest BCUT2D eigenvalue weighted by molar-refractivity contribution is 9.09. The van der Waals surface area contributed by atoms with E-state index in [2.05, 4.69) is 15.9 Å². The molecular weight excluding hydrogens is 330 g/mol. The standard InChI is InChI=1S/C15H9BrF2S/c16-8-12(15(17)18)11-6-3-5-10-9-4-1-2-7-13(9)19-14(10)11/h1-7H,8H2. The first-order valence-electron chi connectivity index (χ1n) is 5.73. The summed E-state index contributed by atoms with van der Waals surface area (Å²) in [6.45, 7) is 0. The van der Waals surface area contributed by atoms with Crippen molar-refractivity contribution in [1.82, 2.24) is 0 Å². The van der Waals surface area contributed by atoms with E-state index in [1.54, 1.807) is 17.4 Å². The first-order valence-corrected chi connectivity index (χ1v) is 7.67. The van der Waals surface area contributed by atoms with E-state index in [-0.39, 0.29) is 10.9 Å². The molecule has 3 aromatic rings. The Morgan fingerprint density at radius 2 is 1.74 bits per heavy atom. The molecule has 1 heterocycles. The van der Waals surface area contributed by atoms with Gasteiger partial charge in [-0.25, -0.2) is 0 Å². The van der Waals surface area contributed by atoms with Gasteiger partial charge in [-0.2, -0.15) is 8.78 Å². The topological polar surface area (TPSA) is 0 Å². The van der Waals surface area contributed by atoms with Gasteiger partial charge in [0.25, 0.3) is 6.08 Å². The van der Waals surface area contributed by atoms with E-state index < -0.39 is 6.08 Å². The molecule has 0 spiro atoms. The average Bonchev–Trinajstić information content (AvgIpc) is 2.79. The van der Waals surface area contributed by atoms with Crippen molar-refractivity contribution in [1.29, 1.82) is 0 Å². The van der Waals surface area contributed by atoms with Crippen LogP contribution in [0, 0.1) is 0 Å². The van der Waals surface area contributed by atoms with Gasteiger partial charge in [-0.05, 0) is 6.07 Å². The summed E-state index contributed by atoms with van der Waals surface area (Å²) in [6.07, 6.45) is -1.62. The predicted octanol–water partition coefficient (Wildman–Crippen LogP) is 6.06. The minimum atomic E-state index is -1.62. The van der Waals surface area contributed by atoms with Gasteiger partial charge in [0, 0.05) is 36.6 Å². The number of hydrogen-bond donors (Lipinski definition) is 0. The van der Waals surface area contributed by atoms with Crippen LogP contribution < -0.4 is 0 Å². The molecule has 0 bridgehead atoms. The van der Waals surface area contributed by atoms with Crippen LogP contribution in [0.4, 0.5) is 8.78 Å².